The maximum absolute atomic E-state index is 5.67. The first-order chi connectivity index (χ1) is 10.8. The van der Waals surface area contributed by atoms with Gasteiger partial charge in [-0.25, -0.2) is 0 Å². The molecule has 0 N–H and O–H groups in total. The van der Waals surface area contributed by atoms with Gasteiger partial charge in [-0.05, 0) is 19.8 Å². The molecule has 0 aliphatic heterocycles. The summed E-state index contributed by atoms with van der Waals surface area (Å²) in [5.74, 6) is 1.36. The number of ether oxygens (including phenoxy) is 1. The van der Waals surface area contributed by atoms with E-state index in [9.17, 15) is 0 Å². The van der Waals surface area contributed by atoms with Gasteiger partial charge in [0.25, 0.3) is 0 Å². The predicted octanol–water partition coefficient (Wildman–Crippen LogP) is 6.49. The van der Waals surface area contributed by atoms with Crippen LogP contribution in [-0.4, -0.2) is 11.8 Å². The van der Waals surface area contributed by atoms with E-state index in [0.717, 1.165) is 11.4 Å². The van der Waals surface area contributed by atoms with E-state index in [1.54, 1.807) is 6.26 Å². The van der Waals surface area contributed by atoms with Gasteiger partial charge in [0.1, 0.15) is 5.69 Å². The van der Waals surface area contributed by atoms with Crippen LogP contribution in [0.15, 0.2) is 10.8 Å². The van der Waals surface area contributed by atoms with Crippen molar-refractivity contribution in [2.24, 2.45) is 0 Å². The molecule has 1 heterocycles. The lowest BCUT2D eigenvalue weighted by Gasteiger charge is -2.15. The fraction of sp³-hybridized carbons (Fsp3) is 0.842. The van der Waals surface area contributed by atoms with Gasteiger partial charge in [0, 0.05) is 5.92 Å². The van der Waals surface area contributed by atoms with E-state index >= 15 is 0 Å². The van der Waals surface area contributed by atoms with Gasteiger partial charge in [-0.1, -0.05) is 76.8 Å². The number of rotatable bonds is 14. The summed E-state index contributed by atoms with van der Waals surface area (Å²) < 4.78 is 10.9. The third kappa shape index (κ3) is 7.33. The zero-order chi connectivity index (χ0) is 16.0. The third-order valence-electron chi connectivity index (χ3n) is 4.31. The minimum atomic E-state index is 0.499. The second-order valence-electron chi connectivity index (χ2n) is 6.25. The van der Waals surface area contributed by atoms with Crippen LogP contribution in [0, 0.1) is 0 Å². The summed E-state index contributed by atoms with van der Waals surface area (Å²) in [5.41, 5.74) is 1.05. The number of aromatic nitrogens is 1. The van der Waals surface area contributed by atoms with Gasteiger partial charge in [-0.3, -0.25) is 0 Å². The molecule has 0 saturated carbocycles. The molecular formula is C19H35NO2. The molecule has 3 heteroatoms. The summed E-state index contributed by atoms with van der Waals surface area (Å²) >= 11 is 0. The molecule has 0 radical (unpaired) electrons. The van der Waals surface area contributed by atoms with E-state index in [4.69, 9.17) is 9.26 Å². The SMILES string of the molecule is CCCCCCCC(CCCCCC)c1nocc1OCC. The lowest BCUT2D eigenvalue weighted by Crippen LogP contribution is -2.03. The Labute approximate surface area is 136 Å². The molecule has 1 aromatic rings. The first-order valence-corrected chi connectivity index (χ1v) is 9.40. The molecule has 1 rings (SSSR count). The van der Waals surface area contributed by atoms with Crippen molar-refractivity contribution in [2.75, 3.05) is 6.61 Å². The first-order valence-electron chi connectivity index (χ1n) is 9.40. The highest BCUT2D eigenvalue weighted by Gasteiger charge is 2.20. The topological polar surface area (TPSA) is 35.3 Å². The summed E-state index contributed by atoms with van der Waals surface area (Å²) in [6.07, 6.45) is 16.0. The number of hydrogen-bond donors (Lipinski definition) is 0. The monoisotopic (exact) mass is 309 g/mol. The molecule has 0 fully saturated rings. The zero-order valence-electron chi connectivity index (χ0n) is 14.9. The molecule has 0 aliphatic carbocycles. The first kappa shape index (κ1) is 19.1. The van der Waals surface area contributed by atoms with Crippen LogP contribution in [0.2, 0.25) is 0 Å². The maximum Gasteiger partial charge on any atom is 0.182 e. The van der Waals surface area contributed by atoms with Crippen molar-refractivity contribution in [1.82, 2.24) is 5.16 Å². The van der Waals surface area contributed by atoms with Gasteiger partial charge in [0.2, 0.25) is 0 Å². The second kappa shape index (κ2) is 12.5. The summed E-state index contributed by atoms with van der Waals surface area (Å²) in [4.78, 5) is 0. The highest BCUT2D eigenvalue weighted by molar-refractivity contribution is 5.26. The van der Waals surface area contributed by atoms with Crippen LogP contribution in [0.4, 0.5) is 0 Å². The Morgan fingerprint density at radius 2 is 1.50 bits per heavy atom. The fourth-order valence-electron chi connectivity index (χ4n) is 3.01. The van der Waals surface area contributed by atoms with E-state index in [2.05, 4.69) is 19.0 Å². The zero-order valence-corrected chi connectivity index (χ0v) is 14.9. The molecular weight excluding hydrogens is 274 g/mol. The number of nitrogens with zero attached hydrogens (tertiary/aromatic N) is 1. The van der Waals surface area contributed by atoms with E-state index < -0.39 is 0 Å². The average Bonchev–Trinajstić information content (AvgIpc) is 2.98. The van der Waals surface area contributed by atoms with E-state index in [1.165, 1.54) is 70.6 Å². The van der Waals surface area contributed by atoms with Crippen LogP contribution in [0.1, 0.15) is 103 Å². The van der Waals surface area contributed by atoms with Crippen LogP contribution >= 0.6 is 0 Å². The Kier molecular flexibility index (Phi) is 10.9. The summed E-state index contributed by atoms with van der Waals surface area (Å²) in [7, 11) is 0. The normalized spacial score (nSPS) is 12.5. The van der Waals surface area contributed by atoms with Gasteiger partial charge in [0.15, 0.2) is 12.0 Å². The smallest absolute Gasteiger partial charge is 0.182 e. The van der Waals surface area contributed by atoms with Gasteiger partial charge in [0.05, 0.1) is 6.61 Å². The highest BCUT2D eigenvalue weighted by Crippen LogP contribution is 2.33. The summed E-state index contributed by atoms with van der Waals surface area (Å²) in [6, 6.07) is 0. The lowest BCUT2D eigenvalue weighted by atomic mass is 9.91. The van der Waals surface area contributed by atoms with Crippen molar-refractivity contribution >= 4 is 0 Å². The molecule has 1 aromatic heterocycles. The van der Waals surface area contributed by atoms with E-state index in [1.807, 2.05) is 6.92 Å². The molecule has 0 aromatic carbocycles. The van der Waals surface area contributed by atoms with Gasteiger partial charge >= 0.3 is 0 Å². The summed E-state index contributed by atoms with van der Waals surface area (Å²) in [5, 5.41) is 4.25. The minimum Gasteiger partial charge on any atom is -0.489 e. The minimum absolute atomic E-state index is 0.499. The van der Waals surface area contributed by atoms with E-state index in [0.29, 0.717) is 12.5 Å². The number of hydrogen-bond acceptors (Lipinski definition) is 3. The van der Waals surface area contributed by atoms with Crippen LogP contribution in [0.25, 0.3) is 0 Å². The summed E-state index contributed by atoms with van der Waals surface area (Å²) in [6.45, 7) is 7.21. The van der Waals surface area contributed by atoms with Gasteiger partial charge in [-0.2, -0.15) is 0 Å². The van der Waals surface area contributed by atoms with Crippen molar-refractivity contribution in [3.8, 4) is 5.75 Å². The molecule has 0 saturated heterocycles. The lowest BCUT2D eigenvalue weighted by molar-refractivity contribution is 0.328. The molecule has 0 bridgehead atoms. The van der Waals surface area contributed by atoms with Crippen molar-refractivity contribution in [1.29, 1.82) is 0 Å². The van der Waals surface area contributed by atoms with E-state index in [-0.39, 0.29) is 0 Å². The van der Waals surface area contributed by atoms with Crippen molar-refractivity contribution in [2.45, 2.75) is 97.3 Å². The Hall–Kier alpha value is -0.990. The molecule has 1 unspecified atom stereocenters. The second-order valence-corrected chi connectivity index (χ2v) is 6.25. The standard InChI is InChI=1S/C19H35NO2/c1-4-7-9-11-13-15-17(14-12-10-8-5-2)19-18(21-6-3)16-22-20-19/h16-17H,4-15H2,1-3H3. The van der Waals surface area contributed by atoms with Crippen molar-refractivity contribution < 1.29 is 9.26 Å². The molecule has 128 valence electrons. The molecule has 1 atom stereocenters. The Bertz CT molecular complexity index is 362. The van der Waals surface area contributed by atoms with Crippen molar-refractivity contribution in [3.63, 3.8) is 0 Å². The van der Waals surface area contributed by atoms with Crippen LogP contribution in [0.3, 0.4) is 0 Å². The third-order valence-corrected chi connectivity index (χ3v) is 4.31. The average molecular weight is 309 g/mol. The van der Waals surface area contributed by atoms with Gasteiger partial charge < -0.3 is 9.26 Å². The van der Waals surface area contributed by atoms with Crippen LogP contribution < -0.4 is 4.74 Å². The Balaban J connectivity index is 2.50. The highest BCUT2D eigenvalue weighted by atomic mass is 16.5. The Morgan fingerprint density at radius 3 is 2.09 bits per heavy atom. The largest absolute Gasteiger partial charge is 0.489 e. The van der Waals surface area contributed by atoms with Crippen molar-refractivity contribution in [3.05, 3.63) is 12.0 Å². The van der Waals surface area contributed by atoms with Crippen LogP contribution in [0.5, 0.6) is 5.75 Å². The number of unbranched alkanes of at least 4 members (excludes halogenated alkanes) is 7. The fourth-order valence-corrected chi connectivity index (χ4v) is 3.01. The predicted molar refractivity (Wildman–Crippen MR) is 92.5 cm³/mol. The molecule has 0 aliphatic rings. The van der Waals surface area contributed by atoms with Gasteiger partial charge in [-0.15, -0.1) is 0 Å². The molecule has 0 spiro atoms. The molecule has 0 amide bonds. The molecule has 22 heavy (non-hydrogen) atoms. The quantitative estimate of drug-likeness (QED) is 0.368. The molecule has 3 nitrogen and oxygen atoms in total. The van der Waals surface area contributed by atoms with Crippen LogP contribution in [-0.2, 0) is 0 Å². The Morgan fingerprint density at radius 1 is 0.909 bits per heavy atom. The maximum atomic E-state index is 5.67.